The highest BCUT2D eigenvalue weighted by Gasteiger charge is 2.09. The summed E-state index contributed by atoms with van der Waals surface area (Å²) in [5, 5.41) is 2.99. The highest BCUT2D eigenvalue weighted by Crippen LogP contribution is 2.22. The van der Waals surface area contributed by atoms with Gasteiger partial charge in [0.25, 0.3) is 5.91 Å². The van der Waals surface area contributed by atoms with Crippen LogP contribution in [0.1, 0.15) is 17.3 Å². The van der Waals surface area contributed by atoms with Crippen molar-refractivity contribution in [2.24, 2.45) is 0 Å². The molecule has 6 nitrogen and oxygen atoms in total. The van der Waals surface area contributed by atoms with Crippen LogP contribution in [0, 0.1) is 0 Å². The van der Waals surface area contributed by atoms with E-state index in [0.717, 1.165) is 0 Å². The molecule has 2 aromatic rings. The second-order valence-electron chi connectivity index (χ2n) is 5.14. The Bertz CT molecular complexity index is 733. The molecule has 0 heterocycles. The summed E-state index contributed by atoms with van der Waals surface area (Å²) in [5.74, 6) is 0.292. The molecule has 0 aromatic heterocycles. The Morgan fingerprint density at radius 2 is 1.73 bits per heavy atom. The number of hydrogen-bond acceptors (Lipinski definition) is 5. The lowest BCUT2D eigenvalue weighted by Crippen LogP contribution is -2.31. The van der Waals surface area contributed by atoms with E-state index >= 15 is 0 Å². The second kappa shape index (κ2) is 10.3. The van der Waals surface area contributed by atoms with Gasteiger partial charge in [-0.1, -0.05) is 23.7 Å². The summed E-state index contributed by atoms with van der Waals surface area (Å²) in [7, 11) is 0. The van der Waals surface area contributed by atoms with Crippen molar-refractivity contribution in [3.63, 3.8) is 0 Å². The van der Waals surface area contributed by atoms with E-state index in [2.05, 4.69) is 5.32 Å². The highest BCUT2D eigenvalue weighted by molar-refractivity contribution is 6.32. The first-order valence-electron chi connectivity index (χ1n) is 8.14. The minimum atomic E-state index is -0.549. The van der Waals surface area contributed by atoms with E-state index in [1.54, 1.807) is 48.5 Å². The average Bonchev–Trinajstić information content (AvgIpc) is 2.65. The fraction of sp³-hybridized carbons (Fsp3) is 0.263. The Hall–Kier alpha value is -2.73. The van der Waals surface area contributed by atoms with Crippen molar-refractivity contribution in [2.75, 3.05) is 26.4 Å². The monoisotopic (exact) mass is 377 g/mol. The largest absolute Gasteiger partial charge is 0.494 e. The normalized spacial score (nSPS) is 10.1. The van der Waals surface area contributed by atoms with E-state index in [4.69, 9.17) is 25.8 Å². The summed E-state index contributed by atoms with van der Waals surface area (Å²) in [6.45, 7) is 2.44. The Morgan fingerprint density at radius 1 is 1.00 bits per heavy atom. The van der Waals surface area contributed by atoms with Crippen LogP contribution in [0.3, 0.4) is 0 Å². The zero-order chi connectivity index (χ0) is 18.8. The van der Waals surface area contributed by atoms with Crippen LogP contribution in [-0.2, 0) is 9.53 Å². The van der Waals surface area contributed by atoms with Gasteiger partial charge in [-0.25, -0.2) is 0 Å². The molecule has 138 valence electrons. The molecule has 0 aliphatic heterocycles. The van der Waals surface area contributed by atoms with Crippen LogP contribution in [0.2, 0.25) is 5.02 Å². The van der Waals surface area contributed by atoms with Gasteiger partial charge in [-0.15, -0.1) is 0 Å². The lowest BCUT2D eigenvalue weighted by molar-refractivity contribution is -0.143. The van der Waals surface area contributed by atoms with Gasteiger partial charge < -0.3 is 19.5 Å². The van der Waals surface area contributed by atoms with E-state index < -0.39 is 5.97 Å². The topological polar surface area (TPSA) is 73.9 Å². The maximum Gasteiger partial charge on any atom is 0.325 e. The first-order chi connectivity index (χ1) is 12.6. The van der Waals surface area contributed by atoms with Crippen molar-refractivity contribution in [3.8, 4) is 11.5 Å². The van der Waals surface area contributed by atoms with E-state index in [9.17, 15) is 9.59 Å². The molecule has 0 aliphatic rings. The number of esters is 1. The molecule has 0 aliphatic carbocycles. The summed E-state index contributed by atoms with van der Waals surface area (Å²) in [6, 6.07) is 13.7. The summed E-state index contributed by atoms with van der Waals surface area (Å²) in [5.41, 5.74) is 0.434. The number of halogens is 1. The second-order valence-corrected chi connectivity index (χ2v) is 5.55. The minimum absolute atomic E-state index is 0.0585. The zero-order valence-electron chi connectivity index (χ0n) is 14.4. The highest BCUT2D eigenvalue weighted by atomic mass is 35.5. The molecule has 26 heavy (non-hydrogen) atoms. The van der Waals surface area contributed by atoms with Gasteiger partial charge >= 0.3 is 5.97 Å². The molecule has 0 fully saturated rings. The van der Waals surface area contributed by atoms with Gasteiger partial charge in [0.15, 0.2) is 0 Å². The molecule has 0 saturated carbocycles. The molecule has 0 radical (unpaired) electrons. The van der Waals surface area contributed by atoms with Crippen molar-refractivity contribution in [1.82, 2.24) is 5.32 Å². The van der Waals surface area contributed by atoms with Crippen LogP contribution < -0.4 is 14.8 Å². The molecule has 2 rings (SSSR count). The van der Waals surface area contributed by atoms with Gasteiger partial charge in [0, 0.05) is 5.56 Å². The van der Waals surface area contributed by atoms with Gasteiger partial charge in [0.1, 0.15) is 31.3 Å². The van der Waals surface area contributed by atoms with Crippen molar-refractivity contribution in [2.45, 2.75) is 6.92 Å². The summed E-state index contributed by atoms with van der Waals surface area (Å²) < 4.78 is 15.7. The van der Waals surface area contributed by atoms with Crippen LogP contribution in [0.15, 0.2) is 48.5 Å². The van der Waals surface area contributed by atoms with Gasteiger partial charge in [0.05, 0.1) is 11.6 Å². The van der Waals surface area contributed by atoms with Crippen LogP contribution in [0.25, 0.3) is 0 Å². The number of nitrogens with one attached hydrogen (secondary N) is 1. The molecule has 0 unspecified atom stereocenters. The number of carbonyl (C=O) groups excluding carboxylic acids is 2. The number of rotatable bonds is 9. The Labute approximate surface area is 157 Å². The first kappa shape index (κ1) is 19.6. The van der Waals surface area contributed by atoms with E-state index in [1.165, 1.54) is 0 Å². The van der Waals surface area contributed by atoms with Crippen molar-refractivity contribution >= 4 is 23.5 Å². The Kier molecular flexibility index (Phi) is 7.76. The third kappa shape index (κ3) is 6.29. The maximum atomic E-state index is 12.0. The van der Waals surface area contributed by atoms with Crippen molar-refractivity contribution in [1.29, 1.82) is 0 Å². The number of amides is 1. The number of ether oxygens (including phenoxy) is 3. The molecule has 0 bridgehead atoms. The standard InChI is InChI=1S/C19H20ClNO5/c1-2-24-15-9-7-14(8-10-15)19(23)21-13-18(22)26-12-11-25-17-6-4-3-5-16(17)20/h3-10H,2,11-13H2,1H3,(H,21,23). The Morgan fingerprint density at radius 3 is 2.42 bits per heavy atom. The molecule has 0 atom stereocenters. The van der Waals surface area contributed by atoms with Crippen molar-refractivity contribution < 1.29 is 23.8 Å². The SMILES string of the molecule is CCOc1ccc(C(=O)NCC(=O)OCCOc2ccccc2Cl)cc1. The predicted molar refractivity (Wildman–Crippen MR) is 97.9 cm³/mol. The van der Waals surface area contributed by atoms with Crippen molar-refractivity contribution in [3.05, 3.63) is 59.1 Å². The first-order valence-corrected chi connectivity index (χ1v) is 8.52. The quantitative estimate of drug-likeness (QED) is 0.537. The predicted octanol–water partition coefficient (Wildman–Crippen LogP) is 3.09. The van der Waals surface area contributed by atoms with E-state index in [0.29, 0.717) is 28.7 Å². The number of para-hydroxylation sites is 1. The number of carbonyl (C=O) groups is 2. The average molecular weight is 378 g/mol. The molecule has 1 N–H and O–H groups in total. The fourth-order valence-electron chi connectivity index (χ4n) is 2.04. The van der Waals surface area contributed by atoms with Crippen LogP contribution in [-0.4, -0.2) is 38.2 Å². The lowest BCUT2D eigenvalue weighted by atomic mass is 10.2. The summed E-state index contributed by atoms with van der Waals surface area (Å²) in [4.78, 5) is 23.6. The molecular weight excluding hydrogens is 358 g/mol. The lowest BCUT2D eigenvalue weighted by Gasteiger charge is -2.09. The summed E-state index contributed by atoms with van der Waals surface area (Å²) in [6.07, 6.45) is 0. The maximum absolute atomic E-state index is 12.0. The van der Waals surface area contributed by atoms with Gasteiger partial charge in [0.2, 0.25) is 0 Å². The van der Waals surface area contributed by atoms with E-state index in [1.807, 2.05) is 6.92 Å². The van der Waals surface area contributed by atoms with Gasteiger partial charge in [-0.3, -0.25) is 9.59 Å². The Balaban J connectivity index is 1.66. The molecule has 0 spiro atoms. The molecule has 1 amide bonds. The third-order valence-electron chi connectivity index (χ3n) is 3.26. The molecule has 2 aromatic carbocycles. The number of benzene rings is 2. The molecule has 0 saturated heterocycles. The van der Waals surface area contributed by atoms with Crippen LogP contribution >= 0.6 is 11.6 Å². The fourth-order valence-corrected chi connectivity index (χ4v) is 2.23. The smallest absolute Gasteiger partial charge is 0.325 e. The van der Waals surface area contributed by atoms with Gasteiger partial charge in [-0.2, -0.15) is 0 Å². The summed E-state index contributed by atoms with van der Waals surface area (Å²) >= 11 is 5.95. The minimum Gasteiger partial charge on any atom is -0.494 e. The van der Waals surface area contributed by atoms with Crippen LogP contribution in [0.5, 0.6) is 11.5 Å². The van der Waals surface area contributed by atoms with E-state index in [-0.39, 0.29) is 25.7 Å². The van der Waals surface area contributed by atoms with Gasteiger partial charge in [-0.05, 0) is 43.3 Å². The molecular formula is C19H20ClNO5. The van der Waals surface area contributed by atoms with Crippen LogP contribution in [0.4, 0.5) is 0 Å². The zero-order valence-corrected chi connectivity index (χ0v) is 15.1. The third-order valence-corrected chi connectivity index (χ3v) is 3.57. The molecule has 7 heteroatoms. The number of hydrogen-bond donors (Lipinski definition) is 1.